The second-order valence-electron chi connectivity index (χ2n) is 12.5. The van der Waals surface area contributed by atoms with Gasteiger partial charge in [-0.15, -0.1) is 0 Å². The SMILES string of the molecule is CC(=O)O[C@H]1C=C2[C@@H](O)C=CC(=O)[C@]2(C)[C@H]2CC[C@]3(C)[C@@H]([C@H](C)[C@H]4CC(C)=C(CO)C(=O)O4)CC[C@H]3[C@H]12. The fourth-order valence-corrected chi connectivity index (χ4v) is 9.00. The van der Waals surface area contributed by atoms with Gasteiger partial charge in [0.15, 0.2) is 5.78 Å². The van der Waals surface area contributed by atoms with Crippen molar-refractivity contribution in [1.29, 1.82) is 0 Å². The molecule has 1 heterocycles. The molecule has 2 fully saturated rings. The van der Waals surface area contributed by atoms with Crippen LogP contribution in [0.3, 0.4) is 0 Å². The van der Waals surface area contributed by atoms with Crippen molar-refractivity contribution in [3.63, 3.8) is 0 Å². The molecule has 10 atom stereocenters. The molecule has 0 spiro atoms. The van der Waals surface area contributed by atoms with Crippen molar-refractivity contribution in [3.8, 4) is 0 Å². The summed E-state index contributed by atoms with van der Waals surface area (Å²) in [6, 6.07) is 0. The molecule has 5 rings (SSSR count). The van der Waals surface area contributed by atoms with Crippen LogP contribution < -0.4 is 0 Å². The van der Waals surface area contributed by atoms with Gasteiger partial charge in [-0.05, 0) is 92.4 Å². The monoisotopic (exact) mass is 512 g/mol. The molecule has 202 valence electrons. The Hall–Kier alpha value is -2.25. The number of cyclic esters (lactones) is 1. The normalized spacial score (nSPS) is 43.9. The Bertz CT molecular complexity index is 1100. The maximum absolute atomic E-state index is 13.3. The summed E-state index contributed by atoms with van der Waals surface area (Å²) >= 11 is 0. The van der Waals surface area contributed by atoms with Gasteiger partial charge in [-0.2, -0.15) is 0 Å². The summed E-state index contributed by atoms with van der Waals surface area (Å²) in [6.07, 6.45) is 7.63. The van der Waals surface area contributed by atoms with Crippen LogP contribution >= 0.6 is 0 Å². The zero-order valence-corrected chi connectivity index (χ0v) is 22.5. The van der Waals surface area contributed by atoms with Crippen molar-refractivity contribution < 1.29 is 34.1 Å². The van der Waals surface area contributed by atoms with E-state index in [0.29, 0.717) is 23.5 Å². The fraction of sp³-hybridized carbons (Fsp3) is 0.700. The lowest BCUT2D eigenvalue weighted by Crippen LogP contribution is -2.58. The minimum Gasteiger partial charge on any atom is -0.458 e. The lowest BCUT2D eigenvalue weighted by Gasteiger charge is -2.58. The number of hydrogen-bond acceptors (Lipinski definition) is 7. The van der Waals surface area contributed by atoms with Gasteiger partial charge >= 0.3 is 11.9 Å². The fourth-order valence-electron chi connectivity index (χ4n) is 9.00. The average Bonchev–Trinajstić information content (AvgIpc) is 3.19. The van der Waals surface area contributed by atoms with E-state index in [2.05, 4.69) is 13.8 Å². The second kappa shape index (κ2) is 9.19. The zero-order chi connectivity index (χ0) is 26.9. The minimum atomic E-state index is -0.854. The van der Waals surface area contributed by atoms with Gasteiger partial charge in [0, 0.05) is 19.3 Å². The van der Waals surface area contributed by atoms with Gasteiger partial charge in [0.05, 0.1) is 23.7 Å². The van der Waals surface area contributed by atoms with E-state index in [1.54, 1.807) is 0 Å². The standard InChI is InChI=1S/C30H40O7/c1-15-12-24(37-28(35)18(15)14-31)16(2)19-6-7-20-27-21(10-11-29(19,20)4)30(5)22(13-25(27)36-17(3)32)23(33)8-9-26(30)34/h8-9,13,16,19-21,23-25,27,31,33H,6-7,10-12,14H2,1-5H3/t16-,19+,20-,21-,23-,24+,25-,27-,29+,30+/m0/s1. The first-order valence-electron chi connectivity index (χ1n) is 13.7. The third-order valence-corrected chi connectivity index (χ3v) is 10.9. The molecule has 7 heteroatoms. The van der Waals surface area contributed by atoms with Crippen molar-refractivity contribution >= 4 is 17.7 Å². The van der Waals surface area contributed by atoms with E-state index < -0.39 is 23.6 Å². The van der Waals surface area contributed by atoms with Gasteiger partial charge in [-0.25, -0.2) is 4.79 Å². The molecule has 4 aliphatic carbocycles. The highest BCUT2D eigenvalue weighted by molar-refractivity contribution is 5.99. The molecule has 0 amide bonds. The van der Waals surface area contributed by atoms with Crippen LogP contribution in [0.1, 0.15) is 66.7 Å². The maximum Gasteiger partial charge on any atom is 0.336 e. The molecule has 0 aromatic heterocycles. The number of rotatable bonds is 4. The summed E-state index contributed by atoms with van der Waals surface area (Å²) in [7, 11) is 0. The molecular weight excluding hydrogens is 472 g/mol. The second-order valence-corrected chi connectivity index (χ2v) is 12.5. The van der Waals surface area contributed by atoms with E-state index in [1.165, 1.54) is 19.1 Å². The van der Waals surface area contributed by atoms with Crippen molar-refractivity contribution in [3.05, 3.63) is 34.9 Å². The van der Waals surface area contributed by atoms with Gasteiger partial charge in [0.2, 0.25) is 0 Å². The van der Waals surface area contributed by atoms with Crippen molar-refractivity contribution in [2.45, 2.75) is 85.0 Å². The molecule has 7 nitrogen and oxygen atoms in total. The lowest BCUT2D eigenvalue weighted by atomic mass is 9.46. The Kier molecular flexibility index (Phi) is 6.55. The molecule has 0 aromatic carbocycles. The zero-order valence-electron chi connectivity index (χ0n) is 22.5. The van der Waals surface area contributed by atoms with Crippen LogP contribution in [0.5, 0.6) is 0 Å². The molecule has 1 aliphatic heterocycles. The maximum atomic E-state index is 13.3. The van der Waals surface area contributed by atoms with Gasteiger partial charge in [-0.3, -0.25) is 9.59 Å². The lowest BCUT2D eigenvalue weighted by molar-refractivity contribution is -0.161. The summed E-state index contributed by atoms with van der Waals surface area (Å²) in [5, 5.41) is 20.4. The Morgan fingerprint density at radius 2 is 1.95 bits per heavy atom. The average molecular weight is 513 g/mol. The van der Waals surface area contributed by atoms with E-state index >= 15 is 0 Å². The Labute approximate surface area is 219 Å². The highest BCUT2D eigenvalue weighted by Gasteiger charge is 2.64. The quantitative estimate of drug-likeness (QED) is 0.437. The molecule has 0 radical (unpaired) electrons. The van der Waals surface area contributed by atoms with E-state index in [4.69, 9.17) is 9.47 Å². The van der Waals surface area contributed by atoms with E-state index in [1.807, 2.05) is 19.9 Å². The number of ether oxygens (including phenoxy) is 2. The molecule has 0 saturated heterocycles. The van der Waals surface area contributed by atoms with Crippen LogP contribution in [0.4, 0.5) is 0 Å². The highest BCUT2D eigenvalue weighted by atomic mass is 16.5. The number of hydrogen-bond donors (Lipinski definition) is 2. The molecule has 2 saturated carbocycles. The predicted octanol–water partition coefficient (Wildman–Crippen LogP) is 3.68. The Morgan fingerprint density at radius 1 is 1.22 bits per heavy atom. The van der Waals surface area contributed by atoms with Crippen molar-refractivity contribution in [1.82, 2.24) is 0 Å². The van der Waals surface area contributed by atoms with Crippen LogP contribution in [-0.4, -0.2) is 52.9 Å². The summed E-state index contributed by atoms with van der Waals surface area (Å²) in [5.41, 5.74) is 1.07. The first-order chi connectivity index (χ1) is 17.4. The number of aliphatic hydroxyl groups excluding tert-OH is 2. The van der Waals surface area contributed by atoms with Crippen LogP contribution in [0.2, 0.25) is 0 Å². The summed E-state index contributed by atoms with van der Waals surface area (Å²) < 4.78 is 11.7. The van der Waals surface area contributed by atoms with Gasteiger partial charge < -0.3 is 19.7 Å². The summed E-state index contributed by atoms with van der Waals surface area (Å²) in [6.45, 7) is 9.48. The largest absolute Gasteiger partial charge is 0.458 e. The van der Waals surface area contributed by atoms with E-state index in [0.717, 1.165) is 31.3 Å². The van der Waals surface area contributed by atoms with Gasteiger partial charge in [0.25, 0.3) is 0 Å². The number of aliphatic hydroxyl groups is 2. The first-order valence-corrected chi connectivity index (χ1v) is 13.7. The van der Waals surface area contributed by atoms with Crippen LogP contribution in [0.25, 0.3) is 0 Å². The third-order valence-electron chi connectivity index (χ3n) is 10.9. The van der Waals surface area contributed by atoms with Gasteiger partial charge in [-0.1, -0.05) is 19.4 Å². The molecule has 0 aromatic rings. The Morgan fingerprint density at radius 3 is 2.59 bits per heavy atom. The van der Waals surface area contributed by atoms with Crippen molar-refractivity contribution in [2.75, 3.05) is 6.61 Å². The number of allylic oxidation sites excluding steroid dienone is 1. The molecule has 0 unspecified atom stereocenters. The molecule has 2 N–H and O–H groups in total. The predicted molar refractivity (Wildman–Crippen MR) is 136 cm³/mol. The Balaban J connectivity index is 1.48. The van der Waals surface area contributed by atoms with Crippen LogP contribution in [0, 0.1) is 40.4 Å². The van der Waals surface area contributed by atoms with E-state index in [-0.39, 0.29) is 53.6 Å². The van der Waals surface area contributed by atoms with Crippen LogP contribution in [0.15, 0.2) is 34.9 Å². The molecular formula is C30H40O7. The number of esters is 2. The molecule has 0 bridgehead atoms. The van der Waals surface area contributed by atoms with Crippen LogP contribution in [-0.2, 0) is 23.9 Å². The number of fused-ring (bicyclic) bond motifs is 5. The van der Waals surface area contributed by atoms with Gasteiger partial charge in [0.1, 0.15) is 12.2 Å². The third kappa shape index (κ3) is 3.87. The number of carbonyl (C=O) groups is 3. The minimum absolute atomic E-state index is 0.0166. The number of ketones is 1. The molecule has 37 heavy (non-hydrogen) atoms. The van der Waals surface area contributed by atoms with E-state index in [9.17, 15) is 24.6 Å². The summed E-state index contributed by atoms with van der Waals surface area (Å²) in [4.78, 5) is 38.0. The topological polar surface area (TPSA) is 110 Å². The number of carbonyl (C=O) groups excluding carboxylic acids is 3. The van der Waals surface area contributed by atoms with Crippen molar-refractivity contribution in [2.24, 2.45) is 40.4 Å². The summed E-state index contributed by atoms with van der Waals surface area (Å²) in [5.74, 6) is -0.133. The highest BCUT2D eigenvalue weighted by Crippen LogP contribution is 2.67. The smallest absolute Gasteiger partial charge is 0.336 e. The molecule has 5 aliphatic rings. The first kappa shape index (κ1) is 26.4.